The second-order valence-corrected chi connectivity index (χ2v) is 6.00. The van der Waals surface area contributed by atoms with E-state index < -0.39 is 11.7 Å². The van der Waals surface area contributed by atoms with E-state index in [0.717, 1.165) is 5.65 Å². The van der Waals surface area contributed by atoms with Gasteiger partial charge in [-0.2, -0.15) is 0 Å². The number of carbonyl (C=O) groups excluding carboxylic acids is 1. The van der Waals surface area contributed by atoms with Crippen LogP contribution >= 0.6 is 27.5 Å². The van der Waals surface area contributed by atoms with E-state index in [0.29, 0.717) is 15.2 Å². The minimum absolute atomic E-state index is 0.0128. The van der Waals surface area contributed by atoms with Gasteiger partial charge in [-0.15, -0.1) is 0 Å². The van der Waals surface area contributed by atoms with Crippen molar-refractivity contribution in [3.63, 3.8) is 0 Å². The highest BCUT2D eigenvalue weighted by Gasteiger charge is 2.12. The number of hydrogen-bond acceptors (Lipinski definition) is 2. The first-order valence-corrected chi connectivity index (χ1v) is 7.56. The predicted molar refractivity (Wildman–Crippen MR) is 85.5 cm³/mol. The molecule has 112 valence electrons. The van der Waals surface area contributed by atoms with Crippen molar-refractivity contribution in [1.82, 2.24) is 14.7 Å². The molecular weight excluding hydrogens is 373 g/mol. The van der Waals surface area contributed by atoms with Gasteiger partial charge in [0.25, 0.3) is 5.91 Å². The van der Waals surface area contributed by atoms with E-state index in [1.807, 2.05) is 0 Å². The number of hydrogen-bond donors (Lipinski definition) is 1. The van der Waals surface area contributed by atoms with Crippen LogP contribution in [0.3, 0.4) is 0 Å². The molecule has 7 heteroatoms. The van der Waals surface area contributed by atoms with Crippen LogP contribution < -0.4 is 5.32 Å². The van der Waals surface area contributed by atoms with E-state index in [9.17, 15) is 9.18 Å². The zero-order valence-corrected chi connectivity index (χ0v) is 13.5. The standard InChI is InChI=1S/C15H10BrClFN3O/c16-9-1-3-13(18)12(5-9)15(22)19-6-11-8-21-7-10(17)2-4-14(21)20-11/h1-5,7-8H,6H2,(H,19,22). The van der Waals surface area contributed by atoms with Crippen LogP contribution in [0.25, 0.3) is 5.65 Å². The maximum atomic E-state index is 13.6. The van der Waals surface area contributed by atoms with Crippen molar-refractivity contribution in [1.29, 1.82) is 0 Å². The van der Waals surface area contributed by atoms with Crippen molar-refractivity contribution in [3.8, 4) is 0 Å². The molecule has 2 aromatic heterocycles. The number of fused-ring (bicyclic) bond motifs is 1. The lowest BCUT2D eigenvalue weighted by Crippen LogP contribution is -2.24. The van der Waals surface area contributed by atoms with Crippen LogP contribution in [0.4, 0.5) is 4.39 Å². The van der Waals surface area contributed by atoms with Gasteiger partial charge < -0.3 is 9.72 Å². The molecule has 0 saturated carbocycles. The minimum atomic E-state index is -0.567. The average molecular weight is 383 g/mol. The zero-order chi connectivity index (χ0) is 15.7. The zero-order valence-electron chi connectivity index (χ0n) is 11.2. The number of imidazole rings is 1. The Hall–Kier alpha value is -1.92. The average Bonchev–Trinajstić information content (AvgIpc) is 2.89. The molecule has 0 fully saturated rings. The van der Waals surface area contributed by atoms with Crippen LogP contribution in [0.5, 0.6) is 0 Å². The third-order valence-corrected chi connectivity index (χ3v) is 3.78. The summed E-state index contributed by atoms with van der Waals surface area (Å²) in [5.41, 5.74) is 1.37. The van der Waals surface area contributed by atoms with Crippen LogP contribution in [0.15, 0.2) is 47.2 Å². The normalized spacial score (nSPS) is 10.9. The Morgan fingerprint density at radius 1 is 1.32 bits per heavy atom. The smallest absolute Gasteiger partial charge is 0.254 e. The lowest BCUT2D eigenvalue weighted by atomic mass is 10.2. The molecule has 22 heavy (non-hydrogen) atoms. The molecule has 1 amide bonds. The van der Waals surface area contributed by atoms with E-state index in [1.165, 1.54) is 18.2 Å². The topological polar surface area (TPSA) is 46.4 Å². The first-order valence-electron chi connectivity index (χ1n) is 6.39. The Kier molecular flexibility index (Phi) is 4.13. The highest BCUT2D eigenvalue weighted by Crippen LogP contribution is 2.16. The maximum absolute atomic E-state index is 13.6. The molecule has 3 aromatic rings. The van der Waals surface area contributed by atoms with Gasteiger partial charge in [0.1, 0.15) is 11.5 Å². The van der Waals surface area contributed by atoms with Gasteiger partial charge in [0.15, 0.2) is 0 Å². The van der Waals surface area contributed by atoms with Gasteiger partial charge in [-0.3, -0.25) is 4.79 Å². The predicted octanol–water partition coefficient (Wildman–Crippen LogP) is 3.82. The number of amides is 1. The van der Waals surface area contributed by atoms with Crippen molar-refractivity contribution in [3.05, 3.63) is 69.3 Å². The van der Waals surface area contributed by atoms with Gasteiger partial charge in [-0.05, 0) is 30.3 Å². The third kappa shape index (κ3) is 3.13. The Labute approximate surface area is 139 Å². The molecule has 0 atom stereocenters. The summed E-state index contributed by atoms with van der Waals surface area (Å²) >= 11 is 9.12. The van der Waals surface area contributed by atoms with Crippen LogP contribution in [-0.2, 0) is 6.54 Å². The number of pyridine rings is 1. The molecule has 4 nitrogen and oxygen atoms in total. The fraction of sp³-hybridized carbons (Fsp3) is 0.0667. The first-order chi connectivity index (χ1) is 10.5. The van der Waals surface area contributed by atoms with Crippen LogP contribution in [0.1, 0.15) is 16.1 Å². The molecule has 0 radical (unpaired) electrons. The van der Waals surface area contributed by atoms with Crippen LogP contribution in [0.2, 0.25) is 5.02 Å². The molecule has 0 unspecified atom stereocenters. The lowest BCUT2D eigenvalue weighted by Gasteiger charge is -2.05. The first kappa shape index (κ1) is 15.0. The van der Waals surface area contributed by atoms with Gasteiger partial charge in [0, 0.05) is 16.9 Å². The Morgan fingerprint density at radius 3 is 2.95 bits per heavy atom. The van der Waals surface area contributed by atoms with Gasteiger partial charge in [-0.1, -0.05) is 27.5 Å². The van der Waals surface area contributed by atoms with E-state index in [1.54, 1.807) is 28.9 Å². The highest BCUT2D eigenvalue weighted by atomic mass is 79.9. The van der Waals surface area contributed by atoms with E-state index >= 15 is 0 Å². The molecule has 1 N–H and O–H groups in total. The fourth-order valence-electron chi connectivity index (χ4n) is 2.04. The summed E-state index contributed by atoms with van der Waals surface area (Å²) in [6, 6.07) is 7.74. The number of nitrogens with zero attached hydrogens (tertiary/aromatic N) is 2. The number of rotatable bonds is 3. The van der Waals surface area contributed by atoms with Crippen molar-refractivity contribution >= 4 is 39.1 Å². The molecule has 1 aromatic carbocycles. The summed E-state index contributed by atoms with van der Waals surface area (Å²) in [5, 5.41) is 3.24. The molecular formula is C15H10BrClFN3O. The summed E-state index contributed by atoms with van der Waals surface area (Å²) in [5.74, 6) is -1.06. The van der Waals surface area contributed by atoms with Crippen LogP contribution in [0, 0.1) is 5.82 Å². The van der Waals surface area contributed by atoms with E-state index in [-0.39, 0.29) is 12.1 Å². The molecule has 0 saturated heterocycles. The van der Waals surface area contributed by atoms with E-state index in [2.05, 4.69) is 26.2 Å². The molecule has 0 aliphatic rings. The Bertz CT molecular complexity index is 865. The largest absolute Gasteiger partial charge is 0.346 e. The van der Waals surface area contributed by atoms with Crippen molar-refractivity contribution in [2.75, 3.05) is 0 Å². The molecule has 0 bridgehead atoms. The molecule has 0 aliphatic heterocycles. The monoisotopic (exact) mass is 381 g/mol. The molecule has 3 rings (SSSR count). The number of benzene rings is 1. The highest BCUT2D eigenvalue weighted by molar-refractivity contribution is 9.10. The number of carbonyl (C=O) groups is 1. The number of halogens is 3. The van der Waals surface area contributed by atoms with Crippen molar-refractivity contribution in [2.24, 2.45) is 0 Å². The second kappa shape index (κ2) is 6.06. The summed E-state index contributed by atoms with van der Waals surface area (Å²) in [6.07, 6.45) is 3.49. The number of nitrogens with one attached hydrogen (secondary N) is 1. The molecule has 2 heterocycles. The summed E-state index contributed by atoms with van der Waals surface area (Å²) in [6.45, 7) is 0.198. The van der Waals surface area contributed by atoms with Crippen molar-refractivity contribution in [2.45, 2.75) is 6.54 Å². The van der Waals surface area contributed by atoms with Crippen LogP contribution in [-0.4, -0.2) is 15.3 Å². The lowest BCUT2D eigenvalue weighted by molar-refractivity contribution is 0.0946. The summed E-state index contributed by atoms with van der Waals surface area (Å²) in [4.78, 5) is 16.4. The van der Waals surface area contributed by atoms with Gasteiger partial charge in [0.05, 0.1) is 22.8 Å². The van der Waals surface area contributed by atoms with E-state index in [4.69, 9.17) is 11.6 Å². The SMILES string of the molecule is O=C(NCc1cn2cc(Cl)ccc2n1)c1cc(Br)ccc1F. The summed E-state index contributed by atoms with van der Waals surface area (Å²) < 4.78 is 16.0. The van der Waals surface area contributed by atoms with Crippen molar-refractivity contribution < 1.29 is 9.18 Å². The maximum Gasteiger partial charge on any atom is 0.254 e. The quantitative estimate of drug-likeness (QED) is 0.748. The van der Waals surface area contributed by atoms with Gasteiger partial charge in [-0.25, -0.2) is 9.37 Å². The van der Waals surface area contributed by atoms with Gasteiger partial charge >= 0.3 is 0 Å². The van der Waals surface area contributed by atoms with Gasteiger partial charge in [0.2, 0.25) is 0 Å². The summed E-state index contributed by atoms with van der Waals surface area (Å²) in [7, 11) is 0. The Morgan fingerprint density at radius 2 is 2.14 bits per heavy atom. The second-order valence-electron chi connectivity index (χ2n) is 4.65. The Balaban J connectivity index is 1.75. The number of aromatic nitrogens is 2. The fourth-order valence-corrected chi connectivity index (χ4v) is 2.57. The molecule has 0 spiro atoms. The minimum Gasteiger partial charge on any atom is -0.346 e. The molecule has 0 aliphatic carbocycles. The third-order valence-electron chi connectivity index (χ3n) is 3.07.